The normalized spacial score (nSPS) is 18.5. The number of hydrogen-bond donors (Lipinski definition) is 0. The molecule has 5 heteroatoms. The van der Waals surface area contributed by atoms with E-state index >= 15 is 0 Å². The second-order valence-corrected chi connectivity index (χ2v) is 5.75. The van der Waals surface area contributed by atoms with Gasteiger partial charge in [-0.05, 0) is 40.2 Å². The number of halogens is 1. The van der Waals surface area contributed by atoms with Gasteiger partial charge in [0.1, 0.15) is 11.8 Å². The Morgan fingerprint density at radius 1 is 1.35 bits per heavy atom. The summed E-state index contributed by atoms with van der Waals surface area (Å²) in [6.07, 6.45) is 0. The molecule has 1 aromatic carbocycles. The summed E-state index contributed by atoms with van der Waals surface area (Å²) in [7, 11) is 1.64. The summed E-state index contributed by atoms with van der Waals surface area (Å²) >= 11 is 3.49. The predicted octanol–water partition coefficient (Wildman–Crippen LogP) is 2.66. The summed E-state index contributed by atoms with van der Waals surface area (Å²) in [4.78, 5) is 4.66. The van der Waals surface area contributed by atoms with Crippen LogP contribution in [0.4, 0.5) is 0 Å². The van der Waals surface area contributed by atoms with Crippen molar-refractivity contribution in [3.05, 3.63) is 28.2 Å². The molecule has 1 atom stereocenters. The fourth-order valence-electron chi connectivity index (χ4n) is 2.56. The van der Waals surface area contributed by atoms with Gasteiger partial charge in [-0.25, -0.2) is 0 Å². The quantitative estimate of drug-likeness (QED) is 0.846. The maximum Gasteiger partial charge on any atom is 0.133 e. The molecule has 1 aromatic rings. The molecule has 4 nitrogen and oxygen atoms in total. The molecule has 0 bridgehead atoms. The summed E-state index contributed by atoms with van der Waals surface area (Å²) < 4.78 is 6.13. The van der Waals surface area contributed by atoms with E-state index in [1.54, 1.807) is 7.11 Å². The lowest BCUT2D eigenvalue weighted by Crippen LogP contribution is -2.47. The van der Waals surface area contributed by atoms with Crippen molar-refractivity contribution in [1.82, 2.24) is 9.80 Å². The van der Waals surface area contributed by atoms with Gasteiger partial charge in [-0.2, -0.15) is 5.26 Å². The fraction of sp³-hybridized carbons (Fsp3) is 0.533. The second-order valence-electron chi connectivity index (χ2n) is 4.90. The van der Waals surface area contributed by atoms with Crippen LogP contribution in [0.5, 0.6) is 5.75 Å². The standard InChI is InChI=1S/C15H20BrN3O/c1-3-18-6-8-19(9-7-18)14(11-17)12-4-5-15(20-2)13(16)10-12/h4-5,10,14H,3,6-9H2,1-2H3. The van der Waals surface area contributed by atoms with Crippen molar-refractivity contribution < 1.29 is 4.74 Å². The number of benzene rings is 1. The number of nitriles is 1. The average molecular weight is 338 g/mol. The van der Waals surface area contributed by atoms with E-state index < -0.39 is 0 Å². The van der Waals surface area contributed by atoms with Gasteiger partial charge < -0.3 is 9.64 Å². The lowest BCUT2D eigenvalue weighted by molar-refractivity contribution is 0.118. The van der Waals surface area contributed by atoms with Crippen LogP contribution in [0, 0.1) is 11.3 Å². The van der Waals surface area contributed by atoms with Crippen LogP contribution in [0.15, 0.2) is 22.7 Å². The molecule has 1 saturated heterocycles. The number of nitrogens with zero attached hydrogens (tertiary/aromatic N) is 3. The Bertz CT molecular complexity index is 492. The molecule has 0 aliphatic carbocycles. The number of methoxy groups -OCH3 is 1. The minimum absolute atomic E-state index is 0.184. The number of piperazine rings is 1. The van der Waals surface area contributed by atoms with Gasteiger partial charge in [-0.15, -0.1) is 0 Å². The number of ether oxygens (including phenoxy) is 1. The third-order valence-corrected chi connectivity index (χ3v) is 4.45. The van der Waals surface area contributed by atoms with Crippen molar-refractivity contribution >= 4 is 15.9 Å². The first-order valence-corrected chi connectivity index (χ1v) is 7.68. The van der Waals surface area contributed by atoms with Crippen LogP contribution in [0.2, 0.25) is 0 Å². The van der Waals surface area contributed by atoms with Gasteiger partial charge >= 0.3 is 0 Å². The first kappa shape index (κ1) is 15.3. The highest BCUT2D eigenvalue weighted by atomic mass is 79.9. The molecule has 0 amide bonds. The minimum atomic E-state index is -0.184. The van der Waals surface area contributed by atoms with E-state index in [1.165, 1.54) is 0 Å². The Kier molecular flexibility index (Phi) is 5.41. The lowest BCUT2D eigenvalue weighted by atomic mass is 10.1. The van der Waals surface area contributed by atoms with E-state index in [9.17, 15) is 5.26 Å². The molecule has 0 N–H and O–H groups in total. The van der Waals surface area contributed by atoms with Crippen LogP contribution in [0.3, 0.4) is 0 Å². The van der Waals surface area contributed by atoms with Crippen LogP contribution >= 0.6 is 15.9 Å². The Labute approximate surface area is 129 Å². The fourth-order valence-corrected chi connectivity index (χ4v) is 3.12. The van der Waals surface area contributed by atoms with Gasteiger partial charge in [0, 0.05) is 26.2 Å². The third-order valence-electron chi connectivity index (χ3n) is 3.83. The van der Waals surface area contributed by atoms with E-state index in [4.69, 9.17) is 4.74 Å². The third kappa shape index (κ3) is 3.32. The van der Waals surface area contributed by atoms with Crippen LogP contribution < -0.4 is 4.74 Å². The number of hydrogen-bond acceptors (Lipinski definition) is 4. The Morgan fingerprint density at radius 2 is 2.05 bits per heavy atom. The molecular weight excluding hydrogens is 318 g/mol. The summed E-state index contributed by atoms with van der Waals surface area (Å²) in [6, 6.07) is 8.12. The summed E-state index contributed by atoms with van der Waals surface area (Å²) in [5, 5.41) is 9.52. The first-order valence-electron chi connectivity index (χ1n) is 6.89. The monoisotopic (exact) mass is 337 g/mol. The molecule has 0 aromatic heterocycles. The van der Waals surface area contributed by atoms with Crippen LogP contribution in [0.25, 0.3) is 0 Å². The van der Waals surface area contributed by atoms with Crippen molar-refractivity contribution in [2.75, 3.05) is 39.8 Å². The van der Waals surface area contributed by atoms with Crippen LogP contribution in [0.1, 0.15) is 18.5 Å². The predicted molar refractivity (Wildman–Crippen MR) is 82.7 cm³/mol. The minimum Gasteiger partial charge on any atom is -0.496 e. The summed E-state index contributed by atoms with van der Waals surface area (Å²) in [5.74, 6) is 0.793. The molecule has 2 rings (SSSR count). The van der Waals surface area contributed by atoms with E-state index in [0.29, 0.717) is 0 Å². The topological polar surface area (TPSA) is 39.5 Å². The second kappa shape index (κ2) is 7.07. The molecule has 1 aliphatic heterocycles. The zero-order valence-electron chi connectivity index (χ0n) is 12.0. The van der Waals surface area contributed by atoms with E-state index in [0.717, 1.165) is 48.5 Å². The maximum atomic E-state index is 9.52. The number of likely N-dealkylation sites (N-methyl/N-ethyl adjacent to an activating group) is 1. The molecule has 108 valence electrons. The van der Waals surface area contributed by atoms with Crippen LogP contribution in [-0.2, 0) is 0 Å². The molecule has 1 heterocycles. The highest BCUT2D eigenvalue weighted by Gasteiger charge is 2.24. The van der Waals surface area contributed by atoms with Crippen molar-refractivity contribution in [2.24, 2.45) is 0 Å². The van der Waals surface area contributed by atoms with E-state index in [-0.39, 0.29) is 6.04 Å². The summed E-state index contributed by atoms with van der Waals surface area (Å²) in [6.45, 7) is 7.21. The van der Waals surface area contributed by atoms with Gasteiger partial charge in [0.25, 0.3) is 0 Å². The molecule has 0 radical (unpaired) electrons. The molecule has 1 fully saturated rings. The Balaban J connectivity index is 2.13. The van der Waals surface area contributed by atoms with Gasteiger partial charge in [-0.3, -0.25) is 4.90 Å². The molecule has 20 heavy (non-hydrogen) atoms. The zero-order chi connectivity index (χ0) is 14.5. The molecule has 0 saturated carbocycles. The highest BCUT2D eigenvalue weighted by molar-refractivity contribution is 9.10. The summed E-state index contributed by atoms with van der Waals surface area (Å²) in [5.41, 5.74) is 1.02. The average Bonchev–Trinajstić information content (AvgIpc) is 2.49. The highest BCUT2D eigenvalue weighted by Crippen LogP contribution is 2.30. The largest absolute Gasteiger partial charge is 0.496 e. The van der Waals surface area contributed by atoms with Gasteiger partial charge in [0.2, 0.25) is 0 Å². The first-order chi connectivity index (χ1) is 9.69. The maximum absolute atomic E-state index is 9.52. The number of rotatable bonds is 4. The smallest absolute Gasteiger partial charge is 0.133 e. The zero-order valence-corrected chi connectivity index (χ0v) is 13.6. The molecule has 0 spiro atoms. The molecular formula is C15H20BrN3O. The SMILES string of the molecule is CCN1CCN(C(C#N)c2ccc(OC)c(Br)c2)CC1. The Morgan fingerprint density at radius 3 is 2.55 bits per heavy atom. The molecule has 1 unspecified atom stereocenters. The van der Waals surface area contributed by atoms with Crippen molar-refractivity contribution in [2.45, 2.75) is 13.0 Å². The lowest BCUT2D eigenvalue weighted by Gasteiger charge is -2.36. The Hall–Kier alpha value is -1.09. The van der Waals surface area contributed by atoms with Crippen LogP contribution in [-0.4, -0.2) is 49.6 Å². The van der Waals surface area contributed by atoms with E-state index in [2.05, 4.69) is 38.7 Å². The van der Waals surface area contributed by atoms with Crippen molar-refractivity contribution in [3.63, 3.8) is 0 Å². The van der Waals surface area contributed by atoms with E-state index in [1.807, 2.05) is 18.2 Å². The van der Waals surface area contributed by atoms with Crippen molar-refractivity contribution in [3.8, 4) is 11.8 Å². The van der Waals surface area contributed by atoms with Gasteiger partial charge in [0.15, 0.2) is 0 Å². The molecule has 1 aliphatic rings. The van der Waals surface area contributed by atoms with Crippen molar-refractivity contribution in [1.29, 1.82) is 5.26 Å². The van der Waals surface area contributed by atoms with Gasteiger partial charge in [-0.1, -0.05) is 13.0 Å². The van der Waals surface area contributed by atoms with Gasteiger partial charge in [0.05, 0.1) is 17.7 Å².